The molecule has 0 saturated heterocycles. The van der Waals surface area contributed by atoms with Crippen molar-refractivity contribution in [2.75, 3.05) is 12.8 Å². The van der Waals surface area contributed by atoms with Crippen molar-refractivity contribution in [2.24, 2.45) is 0 Å². The number of amides is 1. The van der Waals surface area contributed by atoms with Crippen LogP contribution in [0.5, 0.6) is 5.75 Å². The van der Waals surface area contributed by atoms with E-state index in [1.165, 1.54) is 19.2 Å². The molecule has 0 radical (unpaired) electrons. The van der Waals surface area contributed by atoms with Crippen LogP contribution in [0.15, 0.2) is 36.4 Å². The van der Waals surface area contributed by atoms with Gasteiger partial charge in [-0.25, -0.2) is 8.78 Å². The summed E-state index contributed by atoms with van der Waals surface area (Å²) in [4.78, 5) is 11.9. The quantitative estimate of drug-likeness (QED) is 0.851. The number of methoxy groups -OCH3 is 1. The van der Waals surface area contributed by atoms with Gasteiger partial charge in [-0.1, -0.05) is 6.07 Å². The molecule has 4 nitrogen and oxygen atoms in total. The topological polar surface area (TPSA) is 64.3 Å². The highest BCUT2D eigenvalue weighted by molar-refractivity contribution is 5.95. The summed E-state index contributed by atoms with van der Waals surface area (Å²) in [7, 11) is 1.48. The largest absolute Gasteiger partial charge is 0.495 e. The fraction of sp³-hybridized carbons (Fsp3) is 0.133. The predicted octanol–water partition coefficient (Wildman–Crippen LogP) is 2.49. The summed E-state index contributed by atoms with van der Waals surface area (Å²) < 4.78 is 30.8. The summed E-state index contributed by atoms with van der Waals surface area (Å²) >= 11 is 0. The minimum absolute atomic E-state index is 0.0853. The Morgan fingerprint density at radius 2 is 1.95 bits per heavy atom. The van der Waals surface area contributed by atoms with Gasteiger partial charge in [-0.15, -0.1) is 0 Å². The van der Waals surface area contributed by atoms with E-state index in [-0.39, 0.29) is 12.5 Å². The average molecular weight is 292 g/mol. The maximum absolute atomic E-state index is 13.0. The molecule has 0 aromatic heterocycles. The molecule has 2 aromatic rings. The van der Waals surface area contributed by atoms with E-state index < -0.39 is 11.6 Å². The molecule has 0 aliphatic rings. The standard InChI is InChI=1S/C15H14F2N2O2/c1-21-14-5-3-10(7-13(14)18)15(20)19-8-9-2-4-11(16)12(17)6-9/h2-7H,8,18H2,1H3,(H,19,20). The van der Waals surface area contributed by atoms with Crippen LogP contribution in [-0.4, -0.2) is 13.0 Å². The molecule has 110 valence electrons. The minimum Gasteiger partial charge on any atom is -0.495 e. The molecule has 2 aromatic carbocycles. The van der Waals surface area contributed by atoms with Gasteiger partial charge in [0.15, 0.2) is 11.6 Å². The minimum atomic E-state index is -0.949. The lowest BCUT2D eigenvalue weighted by Crippen LogP contribution is -2.23. The van der Waals surface area contributed by atoms with Crippen molar-refractivity contribution in [3.8, 4) is 5.75 Å². The fourth-order valence-electron chi connectivity index (χ4n) is 1.81. The van der Waals surface area contributed by atoms with E-state index >= 15 is 0 Å². The summed E-state index contributed by atoms with van der Waals surface area (Å²) in [5.41, 5.74) is 6.88. The number of nitrogens with one attached hydrogen (secondary N) is 1. The van der Waals surface area contributed by atoms with Gasteiger partial charge in [-0.2, -0.15) is 0 Å². The molecule has 0 bridgehead atoms. The van der Waals surface area contributed by atoms with E-state index in [9.17, 15) is 13.6 Å². The molecule has 0 saturated carbocycles. The van der Waals surface area contributed by atoms with Crippen LogP contribution in [0.2, 0.25) is 0 Å². The summed E-state index contributed by atoms with van der Waals surface area (Å²) in [6.45, 7) is 0.0853. The van der Waals surface area contributed by atoms with Gasteiger partial charge in [-0.05, 0) is 35.9 Å². The highest BCUT2D eigenvalue weighted by Crippen LogP contribution is 2.21. The van der Waals surface area contributed by atoms with Crippen molar-refractivity contribution in [2.45, 2.75) is 6.54 Å². The number of rotatable bonds is 4. The van der Waals surface area contributed by atoms with E-state index in [4.69, 9.17) is 10.5 Å². The van der Waals surface area contributed by atoms with E-state index in [1.807, 2.05) is 0 Å². The van der Waals surface area contributed by atoms with Crippen molar-refractivity contribution in [1.82, 2.24) is 5.32 Å². The molecule has 2 rings (SSSR count). The first-order valence-electron chi connectivity index (χ1n) is 6.17. The number of benzene rings is 2. The molecule has 6 heteroatoms. The first-order chi connectivity index (χ1) is 10.0. The van der Waals surface area contributed by atoms with Gasteiger partial charge in [-0.3, -0.25) is 4.79 Å². The second-order valence-electron chi connectivity index (χ2n) is 4.39. The van der Waals surface area contributed by atoms with Crippen LogP contribution in [-0.2, 0) is 6.54 Å². The molecular formula is C15H14F2N2O2. The number of nitrogen functional groups attached to an aromatic ring is 1. The first-order valence-corrected chi connectivity index (χ1v) is 6.17. The number of hydrogen-bond donors (Lipinski definition) is 2. The Kier molecular flexibility index (Phi) is 4.37. The number of nitrogens with two attached hydrogens (primary N) is 1. The second-order valence-corrected chi connectivity index (χ2v) is 4.39. The Balaban J connectivity index is 2.04. The van der Waals surface area contributed by atoms with Crippen LogP contribution < -0.4 is 15.8 Å². The maximum Gasteiger partial charge on any atom is 0.251 e. The SMILES string of the molecule is COc1ccc(C(=O)NCc2ccc(F)c(F)c2)cc1N. The van der Waals surface area contributed by atoms with Gasteiger partial charge in [0.1, 0.15) is 5.75 Å². The third kappa shape index (κ3) is 3.47. The van der Waals surface area contributed by atoms with E-state index in [0.717, 1.165) is 12.1 Å². The van der Waals surface area contributed by atoms with E-state index in [0.29, 0.717) is 22.6 Å². The Morgan fingerprint density at radius 3 is 2.57 bits per heavy atom. The summed E-state index contributed by atoms with van der Waals surface area (Å²) in [6, 6.07) is 8.10. The van der Waals surface area contributed by atoms with Gasteiger partial charge in [0.2, 0.25) is 0 Å². The monoisotopic (exact) mass is 292 g/mol. The van der Waals surface area contributed by atoms with Crippen LogP contribution in [0.1, 0.15) is 15.9 Å². The van der Waals surface area contributed by atoms with Gasteiger partial charge < -0.3 is 15.8 Å². The van der Waals surface area contributed by atoms with Crippen molar-refractivity contribution >= 4 is 11.6 Å². The van der Waals surface area contributed by atoms with Crippen molar-refractivity contribution in [3.05, 3.63) is 59.2 Å². The molecule has 1 amide bonds. The molecule has 3 N–H and O–H groups in total. The number of anilines is 1. The van der Waals surface area contributed by atoms with Gasteiger partial charge in [0.25, 0.3) is 5.91 Å². The Morgan fingerprint density at radius 1 is 1.19 bits per heavy atom. The zero-order valence-electron chi connectivity index (χ0n) is 11.3. The Labute approximate surface area is 120 Å². The number of hydrogen-bond acceptors (Lipinski definition) is 3. The lowest BCUT2D eigenvalue weighted by molar-refractivity contribution is 0.0951. The van der Waals surface area contributed by atoms with Crippen LogP contribution in [0.4, 0.5) is 14.5 Å². The first kappa shape index (κ1) is 14.8. The van der Waals surface area contributed by atoms with Gasteiger partial charge >= 0.3 is 0 Å². The second kappa shape index (κ2) is 6.21. The Bertz CT molecular complexity index is 675. The lowest BCUT2D eigenvalue weighted by Gasteiger charge is -2.08. The summed E-state index contributed by atoms with van der Waals surface area (Å²) in [6.07, 6.45) is 0. The lowest BCUT2D eigenvalue weighted by atomic mass is 10.1. The maximum atomic E-state index is 13.0. The smallest absolute Gasteiger partial charge is 0.251 e. The van der Waals surface area contributed by atoms with Crippen LogP contribution >= 0.6 is 0 Å². The number of halogens is 2. The van der Waals surface area contributed by atoms with Crippen molar-refractivity contribution in [1.29, 1.82) is 0 Å². The average Bonchev–Trinajstić information content (AvgIpc) is 2.48. The molecule has 0 atom stereocenters. The molecule has 0 aliphatic carbocycles. The van der Waals surface area contributed by atoms with Crippen LogP contribution in [0.25, 0.3) is 0 Å². The van der Waals surface area contributed by atoms with Crippen molar-refractivity contribution in [3.63, 3.8) is 0 Å². The van der Waals surface area contributed by atoms with E-state index in [1.54, 1.807) is 12.1 Å². The molecule has 0 aliphatic heterocycles. The van der Waals surface area contributed by atoms with Crippen molar-refractivity contribution < 1.29 is 18.3 Å². The highest BCUT2D eigenvalue weighted by atomic mass is 19.2. The zero-order chi connectivity index (χ0) is 15.4. The summed E-state index contributed by atoms with van der Waals surface area (Å²) in [5.74, 6) is -1.76. The third-order valence-electron chi connectivity index (χ3n) is 2.93. The molecule has 0 spiro atoms. The normalized spacial score (nSPS) is 10.2. The number of ether oxygens (including phenoxy) is 1. The fourth-order valence-corrected chi connectivity index (χ4v) is 1.81. The number of carbonyl (C=O) groups excluding carboxylic acids is 1. The Hall–Kier alpha value is -2.63. The number of carbonyl (C=O) groups is 1. The van der Waals surface area contributed by atoms with Gasteiger partial charge in [0.05, 0.1) is 12.8 Å². The third-order valence-corrected chi connectivity index (χ3v) is 2.93. The zero-order valence-corrected chi connectivity index (χ0v) is 11.3. The molecule has 0 unspecified atom stereocenters. The molecule has 0 heterocycles. The van der Waals surface area contributed by atoms with Crippen LogP contribution in [0.3, 0.4) is 0 Å². The predicted molar refractivity (Wildman–Crippen MR) is 74.9 cm³/mol. The van der Waals surface area contributed by atoms with Crippen LogP contribution in [0, 0.1) is 11.6 Å². The van der Waals surface area contributed by atoms with E-state index in [2.05, 4.69) is 5.32 Å². The highest BCUT2D eigenvalue weighted by Gasteiger charge is 2.09. The molecule has 0 fully saturated rings. The summed E-state index contributed by atoms with van der Waals surface area (Å²) in [5, 5.41) is 2.60. The molecule has 21 heavy (non-hydrogen) atoms. The molecular weight excluding hydrogens is 278 g/mol. The van der Waals surface area contributed by atoms with Gasteiger partial charge in [0, 0.05) is 12.1 Å².